The number of thiophene rings is 1. The molecule has 0 saturated carbocycles. The van der Waals surface area contributed by atoms with Crippen molar-refractivity contribution in [2.75, 3.05) is 13.1 Å². The van der Waals surface area contributed by atoms with Crippen molar-refractivity contribution in [3.8, 4) is 0 Å². The van der Waals surface area contributed by atoms with Crippen LogP contribution in [0.3, 0.4) is 0 Å². The fraction of sp³-hybridized carbons (Fsp3) is 0.333. The summed E-state index contributed by atoms with van der Waals surface area (Å²) in [5, 5.41) is 12.0. The molecule has 0 aromatic carbocycles. The van der Waals surface area contributed by atoms with E-state index in [2.05, 4.69) is 40.1 Å². The maximum Gasteiger partial charge on any atom is 0.191 e. The molecule has 0 bridgehead atoms. The molecule has 2 N–H and O–H groups in total. The molecule has 0 aliphatic carbocycles. The van der Waals surface area contributed by atoms with Gasteiger partial charge in [0.1, 0.15) is 5.76 Å². The van der Waals surface area contributed by atoms with Gasteiger partial charge in [0, 0.05) is 41.9 Å². The average Bonchev–Trinajstić information content (AvgIpc) is 3.39. The van der Waals surface area contributed by atoms with Crippen LogP contribution in [0.2, 0.25) is 0 Å². The Balaban J connectivity index is 1.54. The lowest BCUT2D eigenvalue weighted by molar-refractivity contribution is 0.506. The van der Waals surface area contributed by atoms with Gasteiger partial charge >= 0.3 is 0 Å². The first-order chi connectivity index (χ1) is 12.3. The molecule has 0 amide bonds. The van der Waals surface area contributed by atoms with E-state index in [1.807, 2.05) is 23.7 Å². The van der Waals surface area contributed by atoms with E-state index in [0.29, 0.717) is 12.5 Å². The van der Waals surface area contributed by atoms with E-state index in [4.69, 9.17) is 9.41 Å². The summed E-state index contributed by atoms with van der Waals surface area (Å²) in [7, 11) is 0. The van der Waals surface area contributed by atoms with Gasteiger partial charge in [0.25, 0.3) is 0 Å². The van der Waals surface area contributed by atoms with Crippen molar-refractivity contribution < 1.29 is 4.42 Å². The molecule has 132 valence electrons. The van der Waals surface area contributed by atoms with Gasteiger partial charge in [-0.15, -0.1) is 22.7 Å². The zero-order valence-corrected chi connectivity index (χ0v) is 15.8. The Labute approximate surface area is 155 Å². The zero-order chi connectivity index (χ0) is 17.3. The van der Waals surface area contributed by atoms with Crippen molar-refractivity contribution in [3.05, 3.63) is 63.1 Å². The summed E-state index contributed by atoms with van der Waals surface area (Å²) in [6.07, 6.45) is 4.38. The van der Waals surface area contributed by atoms with Crippen molar-refractivity contribution in [2.24, 2.45) is 4.99 Å². The highest BCUT2D eigenvalue weighted by Crippen LogP contribution is 2.16. The summed E-state index contributed by atoms with van der Waals surface area (Å²) in [6, 6.07) is 8.06. The Morgan fingerprint density at radius 1 is 1.24 bits per heavy atom. The van der Waals surface area contributed by atoms with Gasteiger partial charge in [-0.1, -0.05) is 13.0 Å². The molecule has 0 fully saturated rings. The molecular formula is C18H22N4OS2. The molecule has 3 aromatic heterocycles. The van der Waals surface area contributed by atoms with Crippen LogP contribution in [0.4, 0.5) is 0 Å². The predicted octanol–water partition coefficient (Wildman–Crippen LogP) is 3.88. The number of aliphatic imine (C=N–C) groups is 1. The van der Waals surface area contributed by atoms with Crippen LogP contribution in [0.25, 0.3) is 0 Å². The predicted molar refractivity (Wildman–Crippen MR) is 104 cm³/mol. The third-order valence-electron chi connectivity index (χ3n) is 3.67. The lowest BCUT2D eigenvalue weighted by atomic mass is 10.2. The summed E-state index contributed by atoms with van der Waals surface area (Å²) in [5.41, 5.74) is 0. The maximum absolute atomic E-state index is 5.38. The number of guanidine groups is 1. The molecule has 7 heteroatoms. The number of nitrogens with one attached hydrogen (secondary N) is 2. The summed E-state index contributed by atoms with van der Waals surface area (Å²) < 4.78 is 5.38. The molecule has 25 heavy (non-hydrogen) atoms. The van der Waals surface area contributed by atoms with Crippen molar-refractivity contribution in [2.45, 2.75) is 25.8 Å². The number of hydrogen-bond acceptors (Lipinski definition) is 5. The molecule has 3 rings (SSSR count). The van der Waals surface area contributed by atoms with Crippen LogP contribution in [0.15, 0.2) is 56.9 Å². The molecule has 5 nitrogen and oxygen atoms in total. The first-order valence-electron chi connectivity index (χ1n) is 8.27. The van der Waals surface area contributed by atoms with Crippen LogP contribution in [-0.2, 0) is 13.0 Å². The normalized spacial score (nSPS) is 12.9. The van der Waals surface area contributed by atoms with Crippen molar-refractivity contribution >= 4 is 28.6 Å². The Kier molecular flexibility index (Phi) is 6.64. The molecule has 3 aromatic rings. The van der Waals surface area contributed by atoms with Crippen molar-refractivity contribution in [3.63, 3.8) is 0 Å². The highest BCUT2D eigenvalue weighted by Gasteiger charge is 2.09. The first kappa shape index (κ1) is 17.7. The molecule has 1 unspecified atom stereocenters. The van der Waals surface area contributed by atoms with E-state index < -0.39 is 0 Å². The molecular weight excluding hydrogens is 352 g/mol. The van der Waals surface area contributed by atoms with Crippen LogP contribution in [0.5, 0.6) is 0 Å². The topological polar surface area (TPSA) is 62.5 Å². The molecule has 1 atom stereocenters. The quantitative estimate of drug-likeness (QED) is 0.464. The van der Waals surface area contributed by atoms with Crippen LogP contribution < -0.4 is 10.6 Å². The second-order valence-electron chi connectivity index (χ2n) is 5.65. The zero-order valence-electron chi connectivity index (χ0n) is 14.1. The third kappa shape index (κ3) is 5.72. The molecule has 0 spiro atoms. The smallest absolute Gasteiger partial charge is 0.191 e. The molecule has 0 radical (unpaired) electrons. The largest absolute Gasteiger partial charge is 0.469 e. The molecule has 0 aliphatic rings. The van der Waals surface area contributed by atoms with Crippen LogP contribution in [0, 0.1) is 0 Å². The summed E-state index contributed by atoms with van der Waals surface area (Å²) in [6.45, 7) is 4.42. The third-order valence-corrected chi connectivity index (χ3v) is 5.53. The molecule has 0 aliphatic heterocycles. The van der Waals surface area contributed by atoms with Crippen LogP contribution in [0.1, 0.15) is 28.5 Å². The summed E-state index contributed by atoms with van der Waals surface area (Å²) >= 11 is 3.41. The van der Waals surface area contributed by atoms with E-state index in [1.165, 1.54) is 4.88 Å². The van der Waals surface area contributed by atoms with Gasteiger partial charge < -0.3 is 15.1 Å². The van der Waals surface area contributed by atoms with Crippen LogP contribution in [-0.4, -0.2) is 24.0 Å². The maximum atomic E-state index is 5.38. The number of furan rings is 1. The Bertz CT molecular complexity index is 736. The number of thiazole rings is 1. The number of rotatable bonds is 8. The van der Waals surface area contributed by atoms with Gasteiger partial charge in [0.15, 0.2) is 5.96 Å². The number of nitrogens with zero attached hydrogens (tertiary/aromatic N) is 2. The monoisotopic (exact) mass is 374 g/mol. The first-order valence-corrected chi connectivity index (χ1v) is 10.0. The van der Waals surface area contributed by atoms with Gasteiger partial charge in [0.2, 0.25) is 0 Å². The van der Waals surface area contributed by atoms with Gasteiger partial charge in [-0.2, -0.15) is 0 Å². The van der Waals surface area contributed by atoms with Gasteiger partial charge in [-0.3, -0.25) is 0 Å². The summed E-state index contributed by atoms with van der Waals surface area (Å²) in [4.78, 5) is 10.3. The molecule has 0 saturated heterocycles. The highest BCUT2D eigenvalue weighted by molar-refractivity contribution is 7.10. The van der Waals surface area contributed by atoms with E-state index in [-0.39, 0.29) is 0 Å². The molecule has 3 heterocycles. The summed E-state index contributed by atoms with van der Waals surface area (Å²) in [5.74, 6) is 2.14. The van der Waals surface area contributed by atoms with E-state index in [9.17, 15) is 0 Å². The van der Waals surface area contributed by atoms with Gasteiger partial charge in [-0.05, 0) is 23.6 Å². The minimum absolute atomic E-state index is 0.346. The van der Waals surface area contributed by atoms with E-state index in [1.54, 1.807) is 28.9 Å². The Hall–Kier alpha value is -2.12. The standard InChI is InChI=1S/C18H22N4OS2/c1-14(17-19-8-11-25-17)12-21-18(22-13-16-5-3-10-24-16)20-7-6-15-4-2-9-23-15/h2-5,8-11,14H,6-7,12-13H2,1H3,(H2,20,21,22). The van der Waals surface area contributed by atoms with Gasteiger partial charge in [0.05, 0.1) is 17.8 Å². The number of aromatic nitrogens is 1. The Morgan fingerprint density at radius 2 is 2.20 bits per heavy atom. The minimum atomic E-state index is 0.346. The van der Waals surface area contributed by atoms with Crippen molar-refractivity contribution in [1.29, 1.82) is 0 Å². The SMILES string of the molecule is CC(CNC(=NCc1cccs1)NCCc1ccco1)c1nccs1. The fourth-order valence-electron chi connectivity index (χ4n) is 2.31. The van der Waals surface area contributed by atoms with Gasteiger partial charge in [-0.25, -0.2) is 9.98 Å². The average molecular weight is 375 g/mol. The van der Waals surface area contributed by atoms with Crippen LogP contribution >= 0.6 is 22.7 Å². The highest BCUT2D eigenvalue weighted by atomic mass is 32.1. The Morgan fingerprint density at radius 3 is 2.92 bits per heavy atom. The fourth-order valence-corrected chi connectivity index (χ4v) is 3.63. The second kappa shape index (κ2) is 9.39. The van der Waals surface area contributed by atoms with E-state index in [0.717, 1.165) is 36.2 Å². The second-order valence-corrected chi connectivity index (χ2v) is 7.61. The number of hydrogen-bond donors (Lipinski definition) is 2. The lowest BCUT2D eigenvalue weighted by Gasteiger charge is -2.15. The van der Waals surface area contributed by atoms with E-state index >= 15 is 0 Å². The van der Waals surface area contributed by atoms with Crippen molar-refractivity contribution in [1.82, 2.24) is 15.6 Å². The lowest BCUT2D eigenvalue weighted by Crippen LogP contribution is -2.40. The minimum Gasteiger partial charge on any atom is -0.469 e.